The van der Waals surface area contributed by atoms with Gasteiger partial charge in [0.2, 0.25) is 0 Å². The van der Waals surface area contributed by atoms with E-state index in [9.17, 15) is 0 Å². The van der Waals surface area contributed by atoms with E-state index in [-0.39, 0.29) is 0 Å². The molecule has 1 fully saturated rings. The number of thioether (sulfide) groups is 1. The van der Waals surface area contributed by atoms with Crippen molar-refractivity contribution in [3.8, 4) is 0 Å². The highest BCUT2D eigenvalue weighted by atomic mass is 79.9. The second-order valence-corrected chi connectivity index (χ2v) is 7.65. The molecule has 1 aliphatic rings. The molecule has 1 nitrogen and oxygen atoms in total. The van der Waals surface area contributed by atoms with Crippen molar-refractivity contribution in [2.24, 2.45) is 5.41 Å². The van der Waals surface area contributed by atoms with Gasteiger partial charge < -0.3 is 5.32 Å². The summed E-state index contributed by atoms with van der Waals surface area (Å²) in [5.41, 5.74) is 1.58. The molecule has 1 aliphatic heterocycles. The maximum Gasteiger partial charge on any atom is 0.0549 e. The zero-order valence-electron chi connectivity index (χ0n) is 10.1. The van der Waals surface area contributed by atoms with Crippen LogP contribution in [0.1, 0.15) is 20.3 Å². The lowest BCUT2D eigenvalue weighted by Crippen LogP contribution is -2.35. The normalized spacial score (nSPS) is 23.4. The van der Waals surface area contributed by atoms with E-state index in [1.807, 2.05) is 23.9 Å². The van der Waals surface area contributed by atoms with E-state index >= 15 is 0 Å². The van der Waals surface area contributed by atoms with Gasteiger partial charge in [-0.15, -0.1) is 0 Å². The molecule has 0 spiro atoms. The predicted molar refractivity (Wildman–Crippen MR) is 82.3 cm³/mol. The number of hydrogen-bond acceptors (Lipinski definition) is 2. The summed E-state index contributed by atoms with van der Waals surface area (Å²) in [6, 6.07) is 6.57. The zero-order chi connectivity index (χ0) is 12.5. The Kier molecular flexibility index (Phi) is 4.32. The van der Waals surface area contributed by atoms with E-state index in [0.717, 1.165) is 15.2 Å². The van der Waals surface area contributed by atoms with E-state index in [2.05, 4.69) is 41.2 Å². The van der Waals surface area contributed by atoms with Crippen molar-refractivity contribution in [3.63, 3.8) is 0 Å². The van der Waals surface area contributed by atoms with Crippen LogP contribution in [0.4, 0.5) is 5.69 Å². The molecule has 94 valence electrons. The molecule has 0 amide bonds. The largest absolute Gasteiger partial charge is 0.381 e. The van der Waals surface area contributed by atoms with Gasteiger partial charge in [-0.2, -0.15) is 11.8 Å². The molecule has 2 rings (SSSR count). The Morgan fingerprint density at radius 3 is 2.88 bits per heavy atom. The van der Waals surface area contributed by atoms with Gasteiger partial charge in [0.25, 0.3) is 0 Å². The molecule has 0 saturated carbocycles. The molecule has 0 bridgehead atoms. The first-order valence-corrected chi connectivity index (χ1v) is 8.08. The Morgan fingerprint density at radius 2 is 2.24 bits per heavy atom. The maximum absolute atomic E-state index is 5.99. The number of rotatable bonds is 2. The minimum Gasteiger partial charge on any atom is -0.381 e. The van der Waals surface area contributed by atoms with Crippen LogP contribution in [-0.4, -0.2) is 17.5 Å². The van der Waals surface area contributed by atoms with Crippen molar-refractivity contribution in [1.82, 2.24) is 0 Å². The molecular weight excluding hydrogens is 318 g/mol. The lowest BCUT2D eigenvalue weighted by Gasteiger charge is -2.35. The summed E-state index contributed by atoms with van der Waals surface area (Å²) in [6.45, 7) is 4.68. The third kappa shape index (κ3) is 3.80. The van der Waals surface area contributed by atoms with Crippen LogP contribution in [0.5, 0.6) is 0 Å². The number of nitrogens with one attached hydrogen (secondary N) is 1. The molecule has 1 saturated heterocycles. The summed E-state index contributed by atoms with van der Waals surface area (Å²) in [7, 11) is 0. The Balaban J connectivity index is 2.03. The molecule has 1 aromatic rings. The van der Waals surface area contributed by atoms with Crippen LogP contribution in [-0.2, 0) is 0 Å². The molecule has 0 aliphatic carbocycles. The SMILES string of the molecule is CC1(C)CSCC(Nc2ccc(Cl)c(Br)c2)C1. The molecule has 1 aromatic carbocycles. The summed E-state index contributed by atoms with van der Waals surface area (Å²) < 4.78 is 0.951. The van der Waals surface area contributed by atoms with Crippen molar-refractivity contribution >= 4 is 45.0 Å². The summed E-state index contributed by atoms with van der Waals surface area (Å²) in [5.74, 6) is 2.44. The average molecular weight is 335 g/mol. The fourth-order valence-electron chi connectivity index (χ4n) is 2.18. The van der Waals surface area contributed by atoms with Crippen molar-refractivity contribution in [2.75, 3.05) is 16.8 Å². The van der Waals surface area contributed by atoms with Gasteiger partial charge in [0, 0.05) is 22.0 Å². The molecule has 0 radical (unpaired) electrons. The number of benzene rings is 1. The van der Waals surface area contributed by atoms with Gasteiger partial charge in [0.05, 0.1) is 5.02 Å². The Hall–Kier alpha value is 0.140. The number of halogens is 2. The van der Waals surface area contributed by atoms with Gasteiger partial charge in [-0.3, -0.25) is 0 Å². The first-order valence-electron chi connectivity index (χ1n) is 5.76. The topological polar surface area (TPSA) is 12.0 Å². The molecule has 17 heavy (non-hydrogen) atoms. The first kappa shape index (κ1) is 13.6. The fraction of sp³-hybridized carbons (Fsp3) is 0.538. The average Bonchev–Trinajstić information content (AvgIpc) is 2.22. The molecular formula is C13H17BrClNS. The second-order valence-electron chi connectivity index (χ2n) is 5.35. The highest BCUT2D eigenvalue weighted by molar-refractivity contribution is 9.10. The van der Waals surface area contributed by atoms with Crippen molar-refractivity contribution in [1.29, 1.82) is 0 Å². The Labute approximate surface area is 121 Å². The third-order valence-electron chi connectivity index (χ3n) is 2.90. The molecule has 4 heteroatoms. The second kappa shape index (κ2) is 5.41. The fourth-order valence-corrected chi connectivity index (χ4v) is 3.95. The summed E-state index contributed by atoms with van der Waals surface area (Å²) in [4.78, 5) is 0. The maximum atomic E-state index is 5.99. The lowest BCUT2D eigenvalue weighted by atomic mass is 9.88. The summed E-state index contributed by atoms with van der Waals surface area (Å²) in [5, 5.41) is 4.35. The molecule has 1 atom stereocenters. The highest BCUT2D eigenvalue weighted by Crippen LogP contribution is 2.35. The minimum atomic E-state index is 0.435. The standard InChI is InChI=1S/C13H17BrClNS/c1-13(2)6-10(7-17-8-13)16-9-3-4-12(15)11(14)5-9/h3-5,10,16H,6-8H2,1-2H3. The summed E-state index contributed by atoms with van der Waals surface area (Å²) in [6.07, 6.45) is 1.22. The third-order valence-corrected chi connectivity index (χ3v) is 5.74. The minimum absolute atomic E-state index is 0.435. The van der Waals surface area contributed by atoms with E-state index in [1.165, 1.54) is 17.9 Å². The first-order chi connectivity index (χ1) is 7.96. The van der Waals surface area contributed by atoms with Crippen LogP contribution >= 0.6 is 39.3 Å². The van der Waals surface area contributed by atoms with E-state index in [0.29, 0.717) is 11.5 Å². The summed E-state index contributed by atoms with van der Waals surface area (Å²) >= 11 is 11.5. The van der Waals surface area contributed by atoms with E-state index in [4.69, 9.17) is 11.6 Å². The van der Waals surface area contributed by atoms with Crippen LogP contribution in [0.25, 0.3) is 0 Å². The lowest BCUT2D eigenvalue weighted by molar-refractivity contribution is 0.358. The van der Waals surface area contributed by atoms with Gasteiger partial charge in [0.1, 0.15) is 0 Å². The van der Waals surface area contributed by atoms with Crippen LogP contribution in [0.2, 0.25) is 5.02 Å². The van der Waals surface area contributed by atoms with Gasteiger partial charge in [-0.05, 0) is 51.7 Å². The smallest absolute Gasteiger partial charge is 0.0549 e. The van der Waals surface area contributed by atoms with Crippen LogP contribution in [0.15, 0.2) is 22.7 Å². The van der Waals surface area contributed by atoms with Crippen molar-refractivity contribution in [2.45, 2.75) is 26.3 Å². The molecule has 1 heterocycles. The quantitative estimate of drug-likeness (QED) is 0.812. The van der Waals surface area contributed by atoms with Crippen LogP contribution in [0.3, 0.4) is 0 Å². The van der Waals surface area contributed by atoms with E-state index < -0.39 is 0 Å². The monoisotopic (exact) mass is 333 g/mol. The highest BCUT2D eigenvalue weighted by Gasteiger charge is 2.28. The Morgan fingerprint density at radius 1 is 1.47 bits per heavy atom. The van der Waals surface area contributed by atoms with Crippen LogP contribution < -0.4 is 5.32 Å². The van der Waals surface area contributed by atoms with Gasteiger partial charge in [-0.25, -0.2) is 0 Å². The van der Waals surface area contributed by atoms with Crippen LogP contribution in [0, 0.1) is 5.41 Å². The van der Waals surface area contributed by atoms with Crippen molar-refractivity contribution < 1.29 is 0 Å². The predicted octanol–water partition coefficient (Wildman–Crippen LogP) is 5.05. The number of hydrogen-bond donors (Lipinski definition) is 1. The molecule has 0 aromatic heterocycles. The zero-order valence-corrected chi connectivity index (χ0v) is 13.3. The van der Waals surface area contributed by atoms with Gasteiger partial charge in [-0.1, -0.05) is 25.4 Å². The van der Waals surface area contributed by atoms with E-state index in [1.54, 1.807) is 0 Å². The molecule has 1 N–H and O–H groups in total. The van der Waals surface area contributed by atoms with Gasteiger partial charge in [0.15, 0.2) is 0 Å². The number of anilines is 1. The van der Waals surface area contributed by atoms with Crippen molar-refractivity contribution in [3.05, 3.63) is 27.7 Å². The Bertz CT molecular complexity index is 408. The molecule has 1 unspecified atom stereocenters. The van der Waals surface area contributed by atoms with Gasteiger partial charge >= 0.3 is 0 Å².